The maximum absolute atomic E-state index is 11.7. The van der Waals surface area contributed by atoms with Crippen molar-refractivity contribution in [2.45, 2.75) is 26.4 Å². The van der Waals surface area contributed by atoms with E-state index in [9.17, 15) is 9.59 Å². The Morgan fingerprint density at radius 1 is 1.21 bits per heavy atom. The fraction of sp³-hybridized carbons (Fsp3) is 0.429. The zero-order valence-corrected chi connectivity index (χ0v) is 11.4. The monoisotopic (exact) mass is 265 g/mol. The number of esters is 1. The summed E-state index contributed by atoms with van der Waals surface area (Å²) >= 11 is 0. The number of nitrogens with two attached hydrogens (primary N) is 1. The van der Waals surface area contributed by atoms with Crippen LogP contribution in [0.5, 0.6) is 5.75 Å². The van der Waals surface area contributed by atoms with Gasteiger partial charge in [-0.1, -0.05) is 0 Å². The van der Waals surface area contributed by atoms with Gasteiger partial charge >= 0.3 is 5.97 Å². The van der Waals surface area contributed by atoms with Crippen molar-refractivity contribution < 1.29 is 19.1 Å². The van der Waals surface area contributed by atoms with Gasteiger partial charge in [-0.15, -0.1) is 0 Å². The molecule has 5 nitrogen and oxygen atoms in total. The van der Waals surface area contributed by atoms with Gasteiger partial charge in [0.15, 0.2) is 11.4 Å². The molecule has 1 aromatic carbocycles. The van der Waals surface area contributed by atoms with E-state index in [2.05, 4.69) is 0 Å². The number of Topliss-reactive ketones (excluding diaryl/α,β-unsaturated/α-hetero) is 1. The van der Waals surface area contributed by atoms with Crippen LogP contribution in [0, 0.1) is 0 Å². The second kappa shape index (κ2) is 6.33. The molecule has 0 aromatic heterocycles. The third-order valence-electron chi connectivity index (χ3n) is 2.50. The van der Waals surface area contributed by atoms with E-state index in [1.807, 2.05) is 0 Å². The molecule has 104 valence electrons. The molecular formula is C14H19NO4. The summed E-state index contributed by atoms with van der Waals surface area (Å²) in [5, 5.41) is 0. The molecule has 0 aliphatic heterocycles. The molecule has 0 amide bonds. The summed E-state index contributed by atoms with van der Waals surface area (Å²) in [7, 11) is 0. The molecule has 0 heterocycles. The minimum atomic E-state index is -1.07. The van der Waals surface area contributed by atoms with Gasteiger partial charge in [0.2, 0.25) is 0 Å². The Kier molecular flexibility index (Phi) is 5.06. The molecule has 0 unspecified atom stereocenters. The van der Waals surface area contributed by atoms with Crippen molar-refractivity contribution in [3.63, 3.8) is 0 Å². The zero-order valence-electron chi connectivity index (χ0n) is 11.4. The fourth-order valence-electron chi connectivity index (χ4n) is 1.47. The summed E-state index contributed by atoms with van der Waals surface area (Å²) in [5.41, 5.74) is 4.72. The van der Waals surface area contributed by atoms with Gasteiger partial charge in [-0.05, 0) is 45.0 Å². The van der Waals surface area contributed by atoms with Crippen LogP contribution in [0.2, 0.25) is 0 Å². The Hall–Kier alpha value is -1.88. The lowest BCUT2D eigenvalue weighted by molar-refractivity contribution is -0.158. The van der Waals surface area contributed by atoms with Crippen LogP contribution in [0.4, 0.5) is 0 Å². The molecule has 0 atom stereocenters. The van der Waals surface area contributed by atoms with Crippen LogP contribution in [0.1, 0.15) is 31.1 Å². The van der Waals surface area contributed by atoms with Crippen molar-refractivity contribution in [3.05, 3.63) is 29.8 Å². The van der Waals surface area contributed by atoms with Gasteiger partial charge in [-0.2, -0.15) is 0 Å². The highest BCUT2D eigenvalue weighted by atomic mass is 16.6. The number of carbonyl (C=O) groups excluding carboxylic acids is 2. The van der Waals surface area contributed by atoms with Crippen molar-refractivity contribution in [3.8, 4) is 5.75 Å². The average Bonchev–Trinajstić information content (AvgIpc) is 2.38. The zero-order chi connectivity index (χ0) is 14.5. The summed E-state index contributed by atoms with van der Waals surface area (Å²) in [6.07, 6.45) is 0. The lowest BCUT2D eigenvalue weighted by Gasteiger charge is -2.24. The standard InChI is InChI=1S/C14H19NO4/c1-4-18-13(17)14(2,3)19-11-7-5-10(6-8-11)12(16)9-15/h5-8H,4,9,15H2,1-3H3. The first kappa shape index (κ1) is 15.2. The topological polar surface area (TPSA) is 78.6 Å². The van der Waals surface area contributed by atoms with E-state index in [0.29, 0.717) is 17.9 Å². The van der Waals surface area contributed by atoms with Crippen LogP contribution in [0.3, 0.4) is 0 Å². The van der Waals surface area contributed by atoms with Crippen LogP contribution in [0.15, 0.2) is 24.3 Å². The van der Waals surface area contributed by atoms with Gasteiger partial charge in [0.25, 0.3) is 0 Å². The maximum Gasteiger partial charge on any atom is 0.349 e. The van der Waals surface area contributed by atoms with E-state index in [1.54, 1.807) is 45.0 Å². The highest BCUT2D eigenvalue weighted by molar-refractivity contribution is 5.97. The van der Waals surface area contributed by atoms with E-state index in [-0.39, 0.29) is 12.3 Å². The smallest absolute Gasteiger partial charge is 0.349 e. The minimum Gasteiger partial charge on any atom is -0.476 e. The number of ketones is 1. The molecule has 0 fully saturated rings. The van der Waals surface area contributed by atoms with E-state index in [0.717, 1.165) is 0 Å². The number of ether oxygens (including phenoxy) is 2. The van der Waals surface area contributed by atoms with Crippen molar-refractivity contribution in [2.75, 3.05) is 13.2 Å². The number of hydrogen-bond donors (Lipinski definition) is 1. The van der Waals surface area contributed by atoms with Gasteiger partial charge in [-0.3, -0.25) is 4.79 Å². The normalized spacial score (nSPS) is 10.9. The molecule has 5 heteroatoms. The summed E-state index contributed by atoms with van der Waals surface area (Å²) in [5.74, 6) is -0.0834. The highest BCUT2D eigenvalue weighted by Crippen LogP contribution is 2.20. The van der Waals surface area contributed by atoms with Gasteiger partial charge in [0.1, 0.15) is 5.75 Å². The molecule has 0 saturated carbocycles. The predicted molar refractivity (Wildman–Crippen MR) is 71.2 cm³/mol. The first-order valence-corrected chi connectivity index (χ1v) is 6.10. The molecule has 0 aliphatic rings. The maximum atomic E-state index is 11.7. The van der Waals surface area contributed by atoms with Crippen molar-refractivity contribution in [1.82, 2.24) is 0 Å². The van der Waals surface area contributed by atoms with Crippen molar-refractivity contribution >= 4 is 11.8 Å². The fourth-order valence-corrected chi connectivity index (χ4v) is 1.47. The van der Waals surface area contributed by atoms with E-state index < -0.39 is 11.6 Å². The van der Waals surface area contributed by atoms with E-state index in [4.69, 9.17) is 15.2 Å². The number of carbonyl (C=O) groups is 2. The van der Waals surface area contributed by atoms with Gasteiger partial charge < -0.3 is 15.2 Å². The SMILES string of the molecule is CCOC(=O)C(C)(C)Oc1ccc(C(=O)CN)cc1. The van der Waals surface area contributed by atoms with Crippen molar-refractivity contribution in [1.29, 1.82) is 0 Å². The molecule has 19 heavy (non-hydrogen) atoms. The Morgan fingerprint density at radius 2 is 1.79 bits per heavy atom. The Balaban J connectivity index is 2.77. The highest BCUT2D eigenvalue weighted by Gasteiger charge is 2.31. The van der Waals surface area contributed by atoms with Crippen LogP contribution in [-0.2, 0) is 9.53 Å². The van der Waals surface area contributed by atoms with Crippen LogP contribution in [-0.4, -0.2) is 30.5 Å². The van der Waals surface area contributed by atoms with E-state index >= 15 is 0 Å². The summed E-state index contributed by atoms with van der Waals surface area (Å²) in [6, 6.07) is 6.49. The molecule has 0 bridgehead atoms. The molecular weight excluding hydrogens is 246 g/mol. The van der Waals surface area contributed by atoms with Gasteiger partial charge in [-0.25, -0.2) is 4.79 Å². The number of rotatable bonds is 6. The first-order valence-electron chi connectivity index (χ1n) is 6.10. The molecule has 0 radical (unpaired) electrons. The third-order valence-corrected chi connectivity index (χ3v) is 2.50. The second-order valence-corrected chi connectivity index (χ2v) is 4.48. The van der Waals surface area contributed by atoms with Crippen LogP contribution >= 0.6 is 0 Å². The first-order chi connectivity index (χ1) is 8.90. The summed E-state index contributed by atoms with van der Waals surface area (Å²) in [4.78, 5) is 23.0. The molecule has 1 aromatic rings. The third kappa shape index (κ3) is 4.06. The van der Waals surface area contributed by atoms with Gasteiger partial charge in [0, 0.05) is 5.56 Å². The molecule has 2 N–H and O–H groups in total. The number of benzene rings is 1. The largest absolute Gasteiger partial charge is 0.476 e. The average molecular weight is 265 g/mol. The van der Waals surface area contributed by atoms with E-state index in [1.165, 1.54) is 0 Å². The predicted octanol–water partition coefficient (Wildman–Crippen LogP) is 1.55. The number of hydrogen-bond acceptors (Lipinski definition) is 5. The van der Waals surface area contributed by atoms with Gasteiger partial charge in [0.05, 0.1) is 13.2 Å². The Labute approximate surface area is 112 Å². The molecule has 0 aliphatic carbocycles. The second-order valence-electron chi connectivity index (χ2n) is 4.48. The lowest BCUT2D eigenvalue weighted by Crippen LogP contribution is -2.39. The summed E-state index contributed by atoms with van der Waals surface area (Å²) in [6.45, 7) is 5.26. The lowest BCUT2D eigenvalue weighted by atomic mass is 10.1. The van der Waals surface area contributed by atoms with Crippen LogP contribution < -0.4 is 10.5 Å². The molecule has 0 saturated heterocycles. The summed E-state index contributed by atoms with van der Waals surface area (Å²) < 4.78 is 10.5. The molecule has 1 rings (SSSR count). The molecule has 0 spiro atoms. The Bertz CT molecular complexity index is 451. The Morgan fingerprint density at radius 3 is 2.26 bits per heavy atom. The minimum absolute atomic E-state index is 0.0332. The quantitative estimate of drug-likeness (QED) is 0.623. The van der Waals surface area contributed by atoms with Crippen LogP contribution in [0.25, 0.3) is 0 Å². The van der Waals surface area contributed by atoms with Crippen molar-refractivity contribution in [2.24, 2.45) is 5.73 Å².